The van der Waals surface area contributed by atoms with Crippen LogP contribution in [0.3, 0.4) is 0 Å². The Labute approximate surface area is 116 Å². The maximum atomic E-state index is 5.85. The van der Waals surface area contributed by atoms with E-state index < -0.39 is 0 Å². The van der Waals surface area contributed by atoms with Crippen LogP contribution in [0.1, 0.15) is 30.9 Å². The zero-order valence-electron chi connectivity index (χ0n) is 11.2. The van der Waals surface area contributed by atoms with E-state index in [1.807, 2.05) is 11.6 Å². The van der Waals surface area contributed by atoms with Crippen LogP contribution in [0, 0.1) is 6.92 Å². The molecular formula is C14H18BrN3. The number of benzene rings is 1. The van der Waals surface area contributed by atoms with Crippen LogP contribution in [0.4, 0.5) is 5.95 Å². The fraction of sp³-hybridized carbons (Fsp3) is 0.357. The molecule has 0 aliphatic rings. The summed E-state index contributed by atoms with van der Waals surface area (Å²) in [4.78, 5) is 4.44. The van der Waals surface area contributed by atoms with Gasteiger partial charge in [0, 0.05) is 12.6 Å². The third kappa shape index (κ3) is 2.17. The first-order valence-electron chi connectivity index (χ1n) is 6.00. The van der Waals surface area contributed by atoms with Crippen molar-refractivity contribution in [3.8, 4) is 11.3 Å². The Hall–Kier alpha value is -1.29. The van der Waals surface area contributed by atoms with E-state index >= 15 is 0 Å². The molecular weight excluding hydrogens is 290 g/mol. The maximum Gasteiger partial charge on any atom is 0.201 e. The quantitative estimate of drug-likeness (QED) is 0.915. The van der Waals surface area contributed by atoms with E-state index in [4.69, 9.17) is 5.73 Å². The lowest BCUT2D eigenvalue weighted by molar-refractivity contribution is 0.866. The van der Waals surface area contributed by atoms with Crippen LogP contribution in [0.15, 0.2) is 22.8 Å². The summed E-state index contributed by atoms with van der Waals surface area (Å²) in [6.45, 7) is 6.48. The van der Waals surface area contributed by atoms with Crippen LogP contribution in [0.25, 0.3) is 11.3 Å². The number of rotatable bonds is 2. The minimum absolute atomic E-state index is 0.504. The minimum Gasteiger partial charge on any atom is -0.369 e. The van der Waals surface area contributed by atoms with Gasteiger partial charge in [-0.2, -0.15) is 0 Å². The third-order valence-electron chi connectivity index (χ3n) is 3.24. The first-order valence-corrected chi connectivity index (χ1v) is 6.79. The molecule has 1 heterocycles. The van der Waals surface area contributed by atoms with E-state index in [-0.39, 0.29) is 0 Å². The molecule has 4 heteroatoms. The van der Waals surface area contributed by atoms with Gasteiger partial charge in [0.2, 0.25) is 5.95 Å². The number of aryl methyl sites for hydroxylation is 1. The zero-order chi connectivity index (χ0) is 13.4. The molecule has 0 radical (unpaired) electrons. The van der Waals surface area contributed by atoms with Gasteiger partial charge < -0.3 is 10.3 Å². The normalized spacial score (nSPS) is 11.2. The van der Waals surface area contributed by atoms with Crippen molar-refractivity contribution >= 4 is 21.9 Å². The Morgan fingerprint density at radius 2 is 2.00 bits per heavy atom. The van der Waals surface area contributed by atoms with Crippen molar-refractivity contribution < 1.29 is 0 Å². The molecule has 0 saturated carbocycles. The second-order valence-electron chi connectivity index (χ2n) is 4.90. The minimum atomic E-state index is 0.504. The van der Waals surface area contributed by atoms with Gasteiger partial charge in [0.05, 0.1) is 0 Å². The highest BCUT2D eigenvalue weighted by Gasteiger charge is 2.15. The predicted molar refractivity (Wildman–Crippen MR) is 79.6 cm³/mol. The van der Waals surface area contributed by atoms with Gasteiger partial charge in [-0.25, -0.2) is 4.98 Å². The Morgan fingerprint density at radius 1 is 1.33 bits per heavy atom. The smallest absolute Gasteiger partial charge is 0.201 e. The van der Waals surface area contributed by atoms with Gasteiger partial charge >= 0.3 is 0 Å². The molecule has 0 amide bonds. The van der Waals surface area contributed by atoms with Crippen LogP contribution in [-0.2, 0) is 7.05 Å². The molecule has 0 unspecified atom stereocenters. The Morgan fingerprint density at radius 3 is 2.50 bits per heavy atom. The van der Waals surface area contributed by atoms with Crippen molar-refractivity contribution in [3.63, 3.8) is 0 Å². The zero-order valence-corrected chi connectivity index (χ0v) is 12.7. The predicted octanol–water partition coefficient (Wildman–Crippen LogP) is 3.86. The van der Waals surface area contributed by atoms with Crippen LogP contribution in [0.5, 0.6) is 0 Å². The molecule has 2 N–H and O–H groups in total. The molecule has 1 aromatic heterocycles. The number of imidazole rings is 1. The summed E-state index contributed by atoms with van der Waals surface area (Å²) in [5, 5.41) is 0. The van der Waals surface area contributed by atoms with Crippen LogP contribution < -0.4 is 5.73 Å². The standard InChI is InChI=1S/C14H18BrN3/c1-8(2)10-6-5-9(3)11(7-10)12-13(15)18(4)14(16)17-12/h5-8H,1-4H3,(H2,16,17). The number of halogens is 1. The first-order chi connectivity index (χ1) is 8.41. The molecule has 0 aliphatic carbocycles. The molecule has 0 bridgehead atoms. The summed E-state index contributed by atoms with van der Waals surface area (Å²) >= 11 is 3.55. The van der Waals surface area contributed by atoms with Gasteiger partial charge in [0.25, 0.3) is 0 Å². The number of hydrogen-bond acceptors (Lipinski definition) is 2. The number of anilines is 1. The van der Waals surface area contributed by atoms with Crippen molar-refractivity contribution in [3.05, 3.63) is 33.9 Å². The Kier molecular flexibility index (Phi) is 3.48. The second-order valence-corrected chi connectivity index (χ2v) is 5.65. The largest absolute Gasteiger partial charge is 0.369 e. The summed E-state index contributed by atoms with van der Waals surface area (Å²) in [6, 6.07) is 6.51. The summed E-state index contributed by atoms with van der Waals surface area (Å²) in [7, 11) is 1.90. The van der Waals surface area contributed by atoms with Crippen molar-refractivity contribution in [2.45, 2.75) is 26.7 Å². The Balaban J connectivity index is 2.62. The van der Waals surface area contributed by atoms with E-state index in [2.05, 4.69) is 59.9 Å². The van der Waals surface area contributed by atoms with Crippen molar-refractivity contribution in [2.24, 2.45) is 7.05 Å². The lowest BCUT2D eigenvalue weighted by atomic mass is 9.96. The fourth-order valence-electron chi connectivity index (χ4n) is 1.92. The highest BCUT2D eigenvalue weighted by molar-refractivity contribution is 9.10. The molecule has 0 spiro atoms. The molecule has 3 nitrogen and oxygen atoms in total. The van der Waals surface area contributed by atoms with Gasteiger partial charge in [-0.1, -0.05) is 26.0 Å². The molecule has 1 aromatic carbocycles. The molecule has 0 saturated heterocycles. The lowest BCUT2D eigenvalue weighted by Crippen LogP contribution is -1.96. The van der Waals surface area contributed by atoms with Gasteiger partial charge in [-0.05, 0) is 46.0 Å². The molecule has 0 atom stereocenters. The van der Waals surface area contributed by atoms with E-state index in [1.165, 1.54) is 11.1 Å². The highest BCUT2D eigenvalue weighted by Crippen LogP contribution is 2.33. The molecule has 0 fully saturated rings. The van der Waals surface area contributed by atoms with Crippen molar-refractivity contribution in [1.82, 2.24) is 9.55 Å². The van der Waals surface area contributed by atoms with Crippen LogP contribution in [0.2, 0.25) is 0 Å². The lowest BCUT2D eigenvalue weighted by Gasteiger charge is -2.10. The Bertz CT molecular complexity index is 585. The van der Waals surface area contributed by atoms with E-state index in [0.29, 0.717) is 11.9 Å². The molecule has 96 valence electrons. The van der Waals surface area contributed by atoms with E-state index in [1.54, 1.807) is 0 Å². The van der Waals surface area contributed by atoms with Crippen molar-refractivity contribution in [1.29, 1.82) is 0 Å². The SMILES string of the molecule is Cc1ccc(C(C)C)cc1-c1nc(N)n(C)c1Br. The van der Waals surface area contributed by atoms with Crippen molar-refractivity contribution in [2.75, 3.05) is 5.73 Å². The average Bonchev–Trinajstić information content (AvgIpc) is 2.57. The summed E-state index contributed by atoms with van der Waals surface area (Å²) < 4.78 is 2.76. The van der Waals surface area contributed by atoms with Gasteiger partial charge in [-0.15, -0.1) is 0 Å². The molecule has 0 aliphatic heterocycles. The van der Waals surface area contributed by atoms with Gasteiger partial charge in [0.1, 0.15) is 10.3 Å². The topological polar surface area (TPSA) is 43.8 Å². The number of hydrogen-bond donors (Lipinski definition) is 1. The molecule has 2 aromatic rings. The fourth-order valence-corrected chi connectivity index (χ4v) is 2.40. The average molecular weight is 308 g/mol. The van der Waals surface area contributed by atoms with Gasteiger partial charge in [-0.3, -0.25) is 0 Å². The third-order valence-corrected chi connectivity index (χ3v) is 4.15. The van der Waals surface area contributed by atoms with Crippen LogP contribution in [-0.4, -0.2) is 9.55 Å². The number of nitrogen functional groups attached to an aromatic ring is 1. The van der Waals surface area contributed by atoms with E-state index in [0.717, 1.165) is 15.9 Å². The monoisotopic (exact) mass is 307 g/mol. The van der Waals surface area contributed by atoms with Gasteiger partial charge in [0.15, 0.2) is 0 Å². The summed E-state index contributed by atoms with van der Waals surface area (Å²) in [5.74, 6) is 1.02. The van der Waals surface area contributed by atoms with Crippen LogP contribution >= 0.6 is 15.9 Å². The second kappa shape index (κ2) is 4.76. The maximum absolute atomic E-state index is 5.85. The van der Waals surface area contributed by atoms with E-state index in [9.17, 15) is 0 Å². The first kappa shape index (κ1) is 13.1. The highest BCUT2D eigenvalue weighted by atomic mass is 79.9. The summed E-state index contributed by atoms with van der Waals surface area (Å²) in [5.41, 5.74) is 10.4. The summed E-state index contributed by atoms with van der Waals surface area (Å²) in [6.07, 6.45) is 0. The number of nitrogens with two attached hydrogens (primary N) is 1. The molecule has 2 rings (SSSR count). The number of nitrogens with zero attached hydrogens (tertiary/aromatic N) is 2. The molecule has 18 heavy (non-hydrogen) atoms. The number of aromatic nitrogens is 2.